The van der Waals surface area contributed by atoms with Crippen LogP contribution in [-0.2, 0) is 65.4 Å². The van der Waals surface area contributed by atoms with Gasteiger partial charge in [0.15, 0.2) is 12.2 Å². The average Bonchev–Trinajstić information content (AvgIpc) is 0.910. The summed E-state index contributed by atoms with van der Waals surface area (Å²) < 4.78 is 68.8. The van der Waals surface area contributed by atoms with Crippen molar-refractivity contribution in [2.75, 3.05) is 39.6 Å². The number of unbranched alkanes of at least 4 members (excludes halogenated alkanes) is 54. The fraction of sp³-hybridized carbons (Fsp3) is 0.953. The maximum absolute atomic E-state index is 13.1. The van der Waals surface area contributed by atoms with Crippen molar-refractivity contribution < 1.29 is 80.2 Å². The Labute approximate surface area is 638 Å². The van der Waals surface area contributed by atoms with Crippen molar-refractivity contribution in [3.05, 3.63) is 0 Å². The van der Waals surface area contributed by atoms with Crippen LogP contribution in [-0.4, -0.2) is 96.7 Å². The Hall–Kier alpha value is -1.94. The Morgan fingerprint density at radius 3 is 0.654 bits per heavy atom. The smallest absolute Gasteiger partial charge is 0.462 e. The first kappa shape index (κ1) is 102. The minimum absolute atomic E-state index is 0.105. The number of carbonyl (C=O) groups is 4. The van der Waals surface area contributed by atoms with Gasteiger partial charge in [-0.15, -0.1) is 0 Å². The van der Waals surface area contributed by atoms with E-state index in [0.717, 1.165) is 102 Å². The van der Waals surface area contributed by atoms with Crippen LogP contribution in [0, 0.1) is 11.8 Å². The van der Waals surface area contributed by atoms with Gasteiger partial charge in [0.05, 0.1) is 26.4 Å². The zero-order valence-corrected chi connectivity index (χ0v) is 70.1. The van der Waals surface area contributed by atoms with Gasteiger partial charge in [0.1, 0.15) is 19.3 Å². The minimum atomic E-state index is -4.97. The summed E-state index contributed by atoms with van der Waals surface area (Å²) in [6.45, 7) is 9.61. The van der Waals surface area contributed by atoms with Crippen LogP contribution >= 0.6 is 15.6 Å². The first-order valence-electron chi connectivity index (χ1n) is 44.0. The quantitative estimate of drug-likeness (QED) is 0.0222. The van der Waals surface area contributed by atoms with Gasteiger partial charge in [-0.25, -0.2) is 9.13 Å². The Morgan fingerprint density at radius 1 is 0.260 bits per heavy atom. The van der Waals surface area contributed by atoms with E-state index in [9.17, 15) is 43.2 Å². The van der Waals surface area contributed by atoms with E-state index in [-0.39, 0.29) is 25.7 Å². The molecule has 0 rings (SSSR count). The molecule has 0 aliphatic carbocycles. The van der Waals surface area contributed by atoms with Crippen molar-refractivity contribution in [1.29, 1.82) is 0 Å². The maximum Gasteiger partial charge on any atom is 0.472 e. The lowest BCUT2D eigenvalue weighted by Gasteiger charge is -2.21. The number of hydrogen-bond acceptors (Lipinski definition) is 15. The molecular formula is C85H166O17P2. The lowest BCUT2D eigenvalue weighted by molar-refractivity contribution is -0.161. The molecule has 0 spiro atoms. The summed E-state index contributed by atoms with van der Waals surface area (Å²) >= 11 is 0. The fourth-order valence-corrected chi connectivity index (χ4v) is 14.8. The lowest BCUT2D eigenvalue weighted by Crippen LogP contribution is -2.30. The molecule has 0 radical (unpaired) electrons. The van der Waals surface area contributed by atoms with Crippen molar-refractivity contribution >= 4 is 39.5 Å². The molecule has 0 aromatic rings. The molecule has 5 atom stereocenters. The zero-order chi connectivity index (χ0) is 76.4. The fourth-order valence-electron chi connectivity index (χ4n) is 13.2. The van der Waals surface area contributed by atoms with Gasteiger partial charge in [0, 0.05) is 25.7 Å². The predicted molar refractivity (Wildman–Crippen MR) is 428 cm³/mol. The van der Waals surface area contributed by atoms with Crippen molar-refractivity contribution in [1.82, 2.24) is 0 Å². The Bertz CT molecular complexity index is 1990. The van der Waals surface area contributed by atoms with E-state index in [4.69, 9.17) is 37.0 Å². The number of aliphatic hydroxyl groups is 1. The van der Waals surface area contributed by atoms with Crippen LogP contribution in [0.1, 0.15) is 452 Å². The van der Waals surface area contributed by atoms with Crippen molar-refractivity contribution in [3.63, 3.8) is 0 Å². The van der Waals surface area contributed by atoms with Crippen LogP contribution in [0.15, 0.2) is 0 Å². The third-order valence-electron chi connectivity index (χ3n) is 20.0. The van der Waals surface area contributed by atoms with Crippen LogP contribution in [0.5, 0.6) is 0 Å². The number of rotatable bonds is 84. The van der Waals surface area contributed by atoms with Crippen LogP contribution in [0.3, 0.4) is 0 Å². The second-order valence-corrected chi connectivity index (χ2v) is 34.4. The number of hydrogen-bond donors (Lipinski definition) is 3. The molecule has 0 aromatic heterocycles. The van der Waals surface area contributed by atoms with Crippen LogP contribution < -0.4 is 0 Å². The molecule has 0 aliphatic heterocycles. The molecule has 0 aromatic carbocycles. The SMILES string of the molecule is CCCCCCCCCCCCCCCCCCCCCCCC(=O)O[C@H](COC(=O)CCCCCCCCCCCCCCCCCCCCC)COP(=O)(O)OC[C@@H](O)COP(=O)(O)OC[C@@H](COC(=O)CCCCCCCCCCCC(C)C)OC(=O)CCCCCCCCCCCC(C)C. The minimum Gasteiger partial charge on any atom is -0.462 e. The van der Waals surface area contributed by atoms with Crippen LogP contribution in [0.2, 0.25) is 0 Å². The highest BCUT2D eigenvalue weighted by Crippen LogP contribution is 2.45. The maximum atomic E-state index is 13.1. The summed E-state index contributed by atoms with van der Waals surface area (Å²) in [5.41, 5.74) is 0. The van der Waals surface area contributed by atoms with Crippen molar-refractivity contribution in [2.45, 2.75) is 471 Å². The number of esters is 4. The Kier molecular flexibility index (Phi) is 75.0. The van der Waals surface area contributed by atoms with E-state index >= 15 is 0 Å². The standard InChI is InChI=1S/C85H166O17P2/c1-7-9-11-13-15-17-19-21-23-25-27-28-30-32-34-36-38-44-51-57-63-69-84(89)101-80(73-95-82(87)67-61-55-49-43-37-35-33-31-29-26-24-22-20-18-16-14-12-10-8-2)75-99-103(91,92)97-71-79(86)72-98-104(93,94)100-76-81(102-85(90)70-64-58-52-46-40-42-48-54-60-66-78(5)6)74-96-83(88)68-62-56-50-45-39-41-47-53-59-65-77(3)4/h77-81,86H,7-76H2,1-6H3,(H,91,92)(H,93,94)/t79-,80-,81-/m1/s1. The molecule has 0 aliphatic rings. The lowest BCUT2D eigenvalue weighted by atomic mass is 10.0. The summed E-state index contributed by atoms with van der Waals surface area (Å²) in [4.78, 5) is 73.2. The number of aliphatic hydroxyl groups excluding tert-OH is 1. The van der Waals surface area contributed by atoms with E-state index in [0.29, 0.717) is 25.7 Å². The second-order valence-electron chi connectivity index (χ2n) is 31.5. The zero-order valence-electron chi connectivity index (χ0n) is 68.3. The third kappa shape index (κ3) is 78.2. The molecule has 17 nitrogen and oxygen atoms in total. The van der Waals surface area contributed by atoms with Gasteiger partial charge in [-0.1, -0.05) is 401 Å². The molecule has 3 N–H and O–H groups in total. The molecule has 0 saturated carbocycles. The van der Waals surface area contributed by atoms with Crippen molar-refractivity contribution in [3.8, 4) is 0 Å². The highest BCUT2D eigenvalue weighted by Gasteiger charge is 2.30. The average molecular weight is 1520 g/mol. The predicted octanol–water partition coefficient (Wildman–Crippen LogP) is 25.8. The molecule has 0 heterocycles. The Morgan fingerprint density at radius 2 is 0.442 bits per heavy atom. The highest BCUT2D eigenvalue weighted by atomic mass is 31.2. The monoisotopic (exact) mass is 1520 g/mol. The van der Waals surface area contributed by atoms with E-state index in [1.165, 1.54) is 270 Å². The number of phosphoric acid groups is 2. The third-order valence-corrected chi connectivity index (χ3v) is 21.9. The molecule has 618 valence electrons. The molecule has 19 heteroatoms. The van der Waals surface area contributed by atoms with Crippen LogP contribution in [0.25, 0.3) is 0 Å². The first-order valence-corrected chi connectivity index (χ1v) is 47.0. The largest absolute Gasteiger partial charge is 0.472 e. The molecule has 0 bridgehead atoms. The molecule has 0 fully saturated rings. The van der Waals surface area contributed by atoms with Gasteiger partial charge in [0.2, 0.25) is 0 Å². The van der Waals surface area contributed by atoms with Gasteiger partial charge in [-0.05, 0) is 37.5 Å². The summed E-state index contributed by atoms with van der Waals surface area (Å²) in [5.74, 6) is -0.626. The van der Waals surface area contributed by atoms with E-state index in [1.807, 2.05) is 0 Å². The van der Waals surface area contributed by atoms with Crippen molar-refractivity contribution in [2.24, 2.45) is 11.8 Å². The van der Waals surface area contributed by atoms with Gasteiger partial charge in [-0.2, -0.15) is 0 Å². The molecule has 104 heavy (non-hydrogen) atoms. The van der Waals surface area contributed by atoms with E-state index in [2.05, 4.69) is 41.5 Å². The summed E-state index contributed by atoms with van der Waals surface area (Å²) in [7, 11) is -9.93. The topological polar surface area (TPSA) is 237 Å². The van der Waals surface area contributed by atoms with E-state index < -0.39 is 97.5 Å². The summed E-state index contributed by atoms with van der Waals surface area (Å²) in [6.07, 6.45) is 68.2. The molecule has 0 saturated heterocycles. The summed E-state index contributed by atoms with van der Waals surface area (Å²) in [6, 6.07) is 0. The van der Waals surface area contributed by atoms with E-state index in [1.54, 1.807) is 0 Å². The number of ether oxygens (including phenoxy) is 4. The van der Waals surface area contributed by atoms with Gasteiger partial charge < -0.3 is 33.8 Å². The summed E-state index contributed by atoms with van der Waals surface area (Å²) in [5, 5.41) is 10.7. The highest BCUT2D eigenvalue weighted by molar-refractivity contribution is 7.47. The molecule has 0 amide bonds. The normalized spacial score (nSPS) is 13.8. The second kappa shape index (κ2) is 76.4. The Balaban J connectivity index is 5.22. The first-order chi connectivity index (χ1) is 50.4. The van der Waals surface area contributed by atoms with Gasteiger partial charge in [-0.3, -0.25) is 37.3 Å². The molecule has 2 unspecified atom stereocenters. The van der Waals surface area contributed by atoms with Gasteiger partial charge in [0.25, 0.3) is 0 Å². The molecular weight excluding hydrogens is 1350 g/mol. The van der Waals surface area contributed by atoms with Gasteiger partial charge >= 0.3 is 39.5 Å². The number of phosphoric ester groups is 2. The van der Waals surface area contributed by atoms with Crippen LogP contribution in [0.4, 0.5) is 0 Å². The number of carbonyl (C=O) groups excluding carboxylic acids is 4.